The van der Waals surface area contributed by atoms with Crippen molar-refractivity contribution in [3.8, 4) is 0 Å². The summed E-state index contributed by atoms with van der Waals surface area (Å²) in [5, 5.41) is 9.14. The largest absolute Gasteiger partial charge is 0.394 e. The summed E-state index contributed by atoms with van der Waals surface area (Å²) in [7, 11) is 0. The lowest BCUT2D eigenvalue weighted by Gasteiger charge is -2.27. The molecule has 0 unspecified atom stereocenters. The van der Waals surface area contributed by atoms with Crippen molar-refractivity contribution in [3.05, 3.63) is 12.7 Å². The molecule has 0 saturated carbocycles. The lowest BCUT2D eigenvalue weighted by molar-refractivity contribution is -0.140. The Balaban J connectivity index is 1.57. The van der Waals surface area contributed by atoms with Crippen molar-refractivity contribution in [3.63, 3.8) is 0 Å². The average Bonchev–Trinajstić information content (AvgIpc) is 3.23. The van der Waals surface area contributed by atoms with E-state index >= 15 is 0 Å². The number of fused-ring (bicyclic) bond motifs is 1. The Bertz CT molecular complexity index is 670. The summed E-state index contributed by atoms with van der Waals surface area (Å²) >= 11 is 0. The Morgan fingerprint density at radius 2 is 2.04 bits per heavy atom. The molecule has 23 heavy (non-hydrogen) atoms. The summed E-state index contributed by atoms with van der Waals surface area (Å²) in [5.74, 6) is 0.873. The van der Waals surface area contributed by atoms with Crippen LogP contribution in [-0.2, 0) is 4.74 Å². The van der Waals surface area contributed by atoms with Gasteiger partial charge in [-0.3, -0.25) is 0 Å². The van der Waals surface area contributed by atoms with Gasteiger partial charge in [0.15, 0.2) is 11.3 Å². The molecular weight excluding hydrogens is 298 g/mol. The summed E-state index contributed by atoms with van der Waals surface area (Å²) in [6.07, 6.45) is 7.82. The van der Waals surface area contributed by atoms with Crippen molar-refractivity contribution >= 4 is 17.0 Å². The molecule has 0 spiro atoms. The maximum absolute atomic E-state index is 9.14. The second kappa shape index (κ2) is 6.29. The van der Waals surface area contributed by atoms with Gasteiger partial charge in [0.2, 0.25) is 11.9 Å². The van der Waals surface area contributed by atoms with E-state index in [1.165, 1.54) is 19.3 Å². The van der Waals surface area contributed by atoms with Crippen LogP contribution in [0.2, 0.25) is 0 Å². The van der Waals surface area contributed by atoms with Crippen molar-refractivity contribution in [2.24, 2.45) is 0 Å². The van der Waals surface area contributed by atoms with E-state index in [0.29, 0.717) is 5.65 Å². The highest BCUT2D eigenvalue weighted by molar-refractivity contribution is 5.83. The molecule has 0 radical (unpaired) electrons. The van der Waals surface area contributed by atoms with Crippen LogP contribution in [0.4, 0.5) is 5.82 Å². The first-order chi connectivity index (χ1) is 11.3. The molecule has 4 heterocycles. The van der Waals surface area contributed by atoms with E-state index in [1.54, 1.807) is 17.4 Å². The topological polar surface area (TPSA) is 85.5 Å². The van der Waals surface area contributed by atoms with Crippen LogP contribution in [0.15, 0.2) is 12.7 Å². The number of hydrogen-bond donors (Lipinski definition) is 1. The first kappa shape index (κ1) is 14.6. The Kier molecular flexibility index (Phi) is 4.00. The van der Waals surface area contributed by atoms with Crippen molar-refractivity contribution in [2.45, 2.75) is 44.5 Å². The smallest absolute Gasteiger partial charge is 0.225 e. The van der Waals surface area contributed by atoms with Crippen LogP contribution in [0.25, 0.3) is 11.2 Å². The molecule has 8 heteroatoms. The van der Waals surface area contributed by atoms with Crippen LogP contribution >= 0.6 is 0 Å². The third kappa shape index (κ3) is 2.84. The maximum Gasteiger partial charge on any atom is 0.225 e. The van der Waals surface area contributed by atoms with Crippen molar-refractivity contribution < 1.29 is 14.7 Å². The van der Waals surface area contributed by atoms with Gasteiger partial charge in [-0.2, -0.15) is 0 Å². The van der Waals surface area contributed by atoms with Crippen molar-refractivity contribution in [1.82, 2.24) is 19.7 Å². The zero-order chi connectivity index (χ0) is 15.6. The molecule has 8 nitrogen and oxygen atoms in total. The third-order valence-electron chi connectivity index (χ3n) is 4.44. The fourth-order valence-corrected chi connectivity index (χ4v) is 3.23. The van der Waals surface area contributed by atoms with Gasteiger partial charge in [0.25, 0.3) is 0 Å². The predicted octanol–water partition coefficient (Wildman–Crippen LogP) is 0.743. The molecule has 2 atom stereocenters. The van der Waals surface area contributed by atoms with Gasteiger partial charge >= 0.3 is 0 Å². The number of piperidine rings is 1. The first-order valence-electron chi connectivity index (χ1n) is 8.21. The predicted molar refractivity (Wildman–Crippen MR) is 82.9 cm³/mol. The molecule has 2 aliphatic heterocycles. The van der Waals surface area contributed by atoms with Gasteiger partial charge < -0.3 is 19.6 Å². The number of rotatable bonds is 4. The van der Waals surface area contributed by atoms with Gasteiger partial charge in [0, 0.05) is 19.5 Å². The minimum atomic E-state index is -0.377. The Hall–Kier alpha value is -1.93. The van der Waals surface area contributed by atoms with Crippen molar-refractivity contribution in [2.75, 3.05) is 24.6 Å². The normalized spacial score (nSPS) is 25.2. The van der Waals surface area contributed by atoms with Crippen LogP contribution < -0.4 is 9.74 Å². The SMILES string of the molecule is OC[C@@H]1CC[C@@H](On2cnc3c(N4CCCCC4)ncnc32)O1. The van der Waals surface area contributed by atoms with Gasteiger partial charge in [-0.05, 0) is 25.7 Å². The van der Waals surface area contributed by atoms with Crippen LogP contribution in [0.3, 0.4) is 0 Å². The van der Waals surface area contributed by atoms with Crippen LogP contribution in [-0.4, -0.2) is 56.9 Å². The number of aliphatic hydroxyl groups excluding tert-OH is 1. The molecular formula is C15H21N5O3. The molecule has 2 saturated heterocycles. The summed E-state index contributed by atoms with van der Waals surface area (Å²) in [5.41, 5.74) is 1.41. The summed E-state index contributed by atoms with van der Waals surface area (Å²) in [6.45, 7) is 2.03. The minimum Gasteiger partial charge on any atom is -0.394 e. The highest BCUT2D eigenvalue weighted by atomic mass is 16.8. The third-order valence-corrected chi connectivity index (χ3v) is 4.44. The molecule has 2 aromatic rings. The lowest BCUT2D eigenvalue weighted by atomic mass is 10.1. The number of aromatic nitrogens is 4. The van der Waals surface area contributed by atoms with E-state index in [2.05, 4.69) is 19.9 Å². The second-order valence-corrected chi connectivity index (χ2v) is 6.04. The van der Waals surface area contributed by atoms with Crippen LogP contribution in [0.5, 0.6) is 0 Å². The van der Waals surface area contributed by atoms with E-state index in [9.17, 15) is 0 Å². The van der Waals surface area contributed by atoms with Crippen LogP contribution in [0, 0.1) is 0 Å². The standard InChI is InChI=1S/C15H21N5O3/c21-8-11-4-5-12(22-11)23-20-10-18-13-14(16-9-17-15(13)20)19-6-2-1-3-7-19/h9-12,21H,1-8H2/t11-,12+/m0/s1. The van der Waals surface area contributed by atoms with Crippen LogP contribution in [0.1, 0.15) is 32.1 Å². The van der Waals surface area contributed by atoms with Gasteiger partial charge in [0.1, 0.15) is 12.7 Å². The number of hydrogen-bond acceptors (Lipinski definition) is 7. The number of ether oxygens (including phenoxy) is 1. The molecule has 0 amide bonds. The zero-order valence-electron chi connectivity index (χ0n) is 13.0. The highest BCUT2D eigenvalue weighted by Gasteiger charge is 2.27. The maximum atomic E-state index is 9.14. The first-order valence-corrected chi connectivity index (χ1v) is 8.21. The molecule has 0 bridgehead atoms. The molecule has 124 valence electrons. The van der Waals surface area contributed by atoms with E-state index < -0.39 is 0 Å². The molecule has 2 fully saturated rings. The van der Waals surface area contributed by atoms with E-state index in [1.807, 2.05) is 0 Å². The number of nitrogens with zero attached hydrogens (tertiary/aromatic N) is 5. The number of aliphatic hydroxyl groups is 1. The fraction of sp³-hybridized carbons (Fsp3) is 0.667. The quantitative estimate of drug-likeness (QED) is 0.889. The number of anilines is 1. The van der Waals surface area contributed by atoms with E-state index in [0.717, 1.165) is 37.3 Å². The molecule has 2 aromatic heterocycles. The highest BCUT2D eigenvalue weighted by Crippen LogP contribution is 2.25. The Morgan fingerprint density at radius 3 is 2.83 bits per heavy atom. The van der Waals surface area contributed by atoms with E-state index in [4.69, 9.17) is 14.7 Å². The Labute approximate surface area is 134 Å². The molecule has 0 aliphatic carbocycles. The fourth-order valence-electron chi connectivity index (χ4n) is 3.23. The van der Waals surface area contributed by atoms with E-state index in [-0.39, 0.29) is 19.0 Å². The van der Waals surface area contributed by atoms with Gasteiger partial charge in [-0.15, -0.1) is 4.73 Å². The Morgan fingerprint density at radius 1 is 1.17 bits per heavy atom. The summed E-state index contributed by atoms with van der Waals surface area (Å²) in [4.78, 5) is 21.2. The second-order valence-electron chi connectivity index (χ2n) is 6.04. The van der Waals surface area contributed by atoms with Crippen molar-refractivity contribution in [1.29, 1.82) is 0 Å². The minimum absolute atomic E-state index is 0.0197. The number of imidazole rings is 1. The summed E-state index contributed by atoms with van der Waals surface area (Å²) in [6, 6.07) is 0. The molecule has 4 rings (SSSR count). The molecule has 1 N–H and O–H groups in total. The zero-order valence-corrected chi connectivity index (χ0v) is 13.0. The summed E-state index contributed by atoms with van der Waals surface area (Å²) < 4.78 is 7.16. The molecule has 2 aliphatic rings. The average molecular weight is 319 g/mol. The van der Waals surface area contributed by atoms with Gasteiger partial charge in [-0.1, -0.05) is 0 Å². The monoisotopic (exact) mass is 319 g/mol. The van der Waals surface area contributed by atoms with Gasteiger partial charge in [-0.25, -0.2) is 15.0 Å². The molecule has 0 aromatic carbocycles. The lowest BCUT2D eigenvalue weighted by Crippen LogP contribution is -2.30. The van der Waals surface area contributed by atoms with Gasteiger partial charge in [0.05, 0.1) is 12.7 Å².